The SMILES string of the molecule is Cc1cc(O)cc(-c2c(C)cccc2O)c1. The molecule has 2 nitrogen and oxygen atoms in total. The lowest BCUT2D eigenvalue weighted by Crippen LogP contribution is -1.85. The minimum Gasteiger partial charge on any atom is -0.508 e. The maximum Gasteiger partial charge on any atom is 0.123 e. The molecule has 0 spiro atoms. The molecule has 0 saturated heterocycles. The minimum absolute atomic E-state index is 0.220. The Hall–Kier alpha value is -1.96. The summed E-state index contributed by atoms with van der Waals surface area (Å²) in [5.74, 6) is 0.461. The van der Waals surface area contributed by atoms with Crippen LogP contribution in [-0.2, 0) is 0 Å². The van der Waals surface area contributed by atoms with Crippen LogP contribution in [0.3, 0.4) is 0 Å². The Morgan fingerprint density at radius 1 is 0.938 bits per heavy atom. The summed E-state index contributed by atoms with van der Waals surface area (Å²) >= 11 is 0. The largest absolute Gasteiger partial charge is 0.508 e. The van der Waals surface area contributed by atoms with E-state index in [2.05, 4.69) is 0 Å². The number of hydrogen-bond acceptors (Lipinski definition) is 2. The fourth-order valence-corrected chi connectivity index (χ4v) is 1.94. The molecule has 0 aliphatic rings. The van der Waals surface area contributed by atoms with Crippen molar-refractivity contribution in [1.82, 2.24) is 0 Å². The summed E-state index contributed by atoms with van der Waals surface area (Å²) in [7, 11) is 0. The summed E-state index contributed by atoms with van der Waals surface area (Å²) in [6.07, 6.45) is 0. The van der Waals surface area contributed by atoms with Gasteiger partial charge >= 0.3 is 0 Å². The average molecular weight is 214 g/mol. The van der Waals surface area contributed by atoms with Crippen molar-refractivity contribution in [2.75, 3.05) is 0 Å². The molecule has 82 valence electrons. The highest BCUT2D eigenvalue weighted by Gasteiger charge is 2.08. The Kier molecular flexibility index (Phi) is 2.57. The fraction of sp³-hybridized carbons (Fsp3) is 0.143. The smallest absolute Gasteiger partial charge is 0.123 e. The van der Waals surface area contributed by atoms with Crippen LogP contribution >= 0.6 is 0 Å². The molecule has 0 atom stereocenters. The number of rotatable bonds is 1. The zero-order chi connectivity index (χ0) is 11.7. The van der Waals surface area contributed by atoms with Gasteiger partial charge in [0.2, 0.25) is 0 Å². The third-order valence-electron chi connectivity index (χ3n) is 2.60. The van der Waals surface area contributed by atoms with Gasteiger partial charge in [-0.15, -0.1) is 0 Å². The van der Waals surface area contributed by atoms with Gasteiger partial charge < -0.3 is 10.2 Å². The van der Waals surface area contributed by atoms with Crippen molar-refractivity contribution >= 4 is 0 Å². The van der Waals surface area contributed by atoms with Gasteiger partial charge in [0, 0.05) is 5.56 Å². The van der Waals surface area contributed by atoms with Crippen molar-refractivity contribution in [1.29, 1.82) is 0 Å². The van der Waals surface area contributed by atoms with Gasteiger partial charge in [0.05, 0.1) is 0 Å². The van der Waals surface area contributed by atoms with Crippen molar-refractivity contribution in [3.8, 4) is 22.6 Å². The summed E-state index contributed by atoms with van der Waals surface area (Å²) in [5.41, 5.74) is 3.58. The molecule has 2 aromatic rings. The molecule has 0 bridgehead atoms. The van der Waals surface area contributed by atoms with E-state index in [1.165, 1.54) is 0 Å². The summed E-state index contributed by atoms with van der Waals surface area (Å²) in [5, 5.41) is 19.4. The second-order valence-electron chi connectivity index (χ2n) is 4.03. The Morgan fingerprint density at radius 2 is 1.69 bits per heavy atom. The quantitative estimate of drug-likeness (QED) is 0.764. The van der Waals surface area contributed by atoms with Gasteiger partial charge in [-0.25, -0.2) is 0 Å². The molecule has 2 heteroatoms. The van der Waals surface area contributed by atoms with Crippen LogP contribution in [0.15, 0.2) is 36.4 Å². The van der Waals surface area contributed by atoms with Crippen LogP contribution in [-0.4, -0.2) is 10.2 Å². The van der Waals surface area contributed by atoms with Crippen LogP contribution in [0.25, 0.3) is 11.1 Å². The fourth-order valence-electron chi connectivity index (χ4n) is 1.94. The molecule has 0 aliphatic carbocycles. The monoisotopic (exact) mass is 214 g/mol. The van der Waals surface area contributed by atoms with Crippen molar-refractivity contribution in [3.05, 3.63) is 47.5 Å². The highest BCUT2D eigenvalue weighted by molar-refractivity contribution is 5.74. The van der Waals surface area contributed by atoms with Gasteiger partial charge in [-0.05, 0) is 48.7 Å². The second kappa shape index (κ2) is 3.89. The van der Waals surface area contributed by atoms with E-state index in [0.29, 0.717) is 0 Å². The number of hydrogen-bond donors (Lipinski definition) is 2. The predicted octanol–water partition coefficient (Wildman–Crippen LogP) is 3.38. The average Bonchev–Trinajstić information content (AvgIpc) is 2.15. The predicted molar refractivity (Wildman–Crippen MR) is 64.7 cm³/mol. The van der Waals surface area contributed by atoms with Crippen LogP contribution < -0.4 is 0 Å². The molecule has 2 rings (SSSR count). The first-order valence-corrected chi connectivity index (χ1v) is 5.17. The van der Waals surface area contributed by atoms with Gasteiger partial charge in [0.1, 0.15) is 11.5 Å². The topological polar surface area (TPSA) is 40.5 Å². The number of aromatic hydroxyl groups is 2. The van der Waals surface area contributed by atoms with E-state index in [-0.39, 0.29) is 11.5 Å². The molecule has 0 fully saturated rings. The van der Waals surface area contributed by atoms with E-state index < -0.39 is 0 Å². The molecule has 0 amide bonds. The standard InChI is InChI=1S/C14H14O2/c1-9-6-11(8-12(15)7-9)14-10(2)4-3-5-13(14)16/h3-8,15-16H,1-2H3. The Morgan fingerprint density at radius 3 is 2.31 bits per heavy atom. The maximum absolute atomic E-state index is 9.84. The first-order valence-electron chi connectivity index (χ1n) is 5.17. The van der Waals surface area contributed by atoms with Crippen molar-refractivity contribution in [2.24, 2.45) is 0 Å². The third-order valence-corrected chi connectivity index (χ3v) is 2.60. The highest BCUT2D eigenvalue weighted by atomic mass is 16.3. The van der Waals surface area contributed by atoms with Crippen molar-refractivity contribution in [3.63, 3.8) is 0 Å². The first kappa shape index (κ1) is 10.6. The lowest BCUT2D eigenvalue weighted by Gasteiger charge is -2.09. The van der Waals surface area contributed by atoms with E-state index in [1.54, 1.807) is 18.2 Å². The summed E-state index contributed by atoms with van der Waals surface area (Å²) in [6.45, 7) is 3.85. The second-order valence-corrected chi connectivity index (χ2v) is 4.03. The molecule has 2 N–H and O–H groups in total. The number of benzene rings is 2. The van der Waals surface area contributed by atoms with E-state index in [0.717, 1.165) is 22.3 Å². The molecule has 0 aromatic heterocycles. The number of phenolic OH excluding ortho intramolecular Hbond substituents is 2. The zero-order valence-corrected chi connectivity index (χ0v) is 9.36. The molecule has 0 unspecified atom stereocenters. The summed E-state index contributed by atoms with van der Waals surface area (Å²) in [6, 6.07) is 10.7. The number of aryl methyl sites for hydroxylation is 2. The maximum atomic E-state index is 9.84. The van der Waals surface area contributed by atoms with E-state index >= 15 is 0 Å². The van der Waals surface area contributed by atoms with Gasteiger partial charge in [0.15, 0.2) is 0 Å². The summed E-state index contributed by atoms with van der Waals surface area (Å²) in [4.78, 5) is 0. The molecular weight excluding hydrogens is 200 g/mol. The van der Waals surface area contributed by atoms with Gasteiger partial charge in [-0.3, -0.25) is 0 Å². The molecular formula is C14H14O2. The van der Waals surface area contributed by atoms with Crippen LogP contribution in [0.4, 0.5) is 0 Å². The van der Waals surface area contributed by atoms with Gasteiger partial charge in [0.25, 0.3) is 0 Å². The van der Waals surface area contributed by atoms with E-state index in [9.17, 15) is 10.2 Å². The van der Waals surface area contributed by atoms with Gasteiger partial charge in [-0.1, -0.05) is 18.2 Å². The Balaban J connectivity index is 2.67. The zero-order valence-electron chi connectivity index (χ0n) is 9.36. The molecule has 16 heavy (non-hydrogen) atoms. The van der Waals surface area contributed by atoms with Crippen LogP contribution in [0, 0.1) is 13.8 Å². The lowest BCUT2D eigenvalue weighted by molar-refractivity contribution is 0.474. The summed E-state index contributed by atoms with van der Waals surface area (Å²) < 4.78 is 0. The Bertz CT molecular complexity index is 490. The van der Waals surface area contributed by atoms with Crippen LogP contribution in [0.1, 0.15) is 11.1 Å². The molecule has 0 radical (unpaired) electrons. The van der Waals surface area contributed by atoms with Gasteiger partial charge in [-0.2, -0.15) is 0 Å². The lowest BCUT2D eigenvalue weighted by atomic mass is 9.98. The molecule has 2 aromatic carbocycles. The molecule has 0 aliphatic heterocycles. The Labute approximate surface area is 94.8 Å². The molecule has 0 saturated carbocycles. The van der Waals surface area contributed by atoms with Crippen LogP contribution in [0.2, 0.25) is 0 Å². The first-order chi connectivity index (χ1) is 7.58. The van der Waals surface area contributed by atoms with Crippen molar-refractivity contribution < 1.29 is 10.2 Å². The normalized spacial score (nSPS) is 10.4. The third kappa shape index (κ3) is 1.87. The minimum atomic E-state index is 0.220. The molecule has 0 heterocycles. The highest BCUT2D eigenvalue weighted by Crippen LogP contribution is 2.34. The van der Waals surface area contributed by atoms with Crippen LogP contribution in [0.5, 0.6) is 11.5 Å². The van der Waals surface area contributed by atoms with E-state index in [4.69, 9.17) is 0 Å². The van der Waals surface area contributed by atoms with E-state index in [1.807, 2.05) is 32.0 Å². The number of phenols is 2. The van der Waals surface area contributed by atoms with Crippen molar-refractivity contribution in [2.45, 2.75) is 13.8 Å².